The Kier molecular flexibility index (Phi) is 5.29. The summed E-state index contributed by atoms with van der Waals surface area (Å²) in [5.41, 5.74) is 0.789. The molecule has 7 nitrogen and oxygen atoms in total. The number of nitrogens with zero attached hydrogens (tertiary/aromatic N) is 4. The van der Waals surface area contributed by atoms with Gasteiger partial charge in [0.15, 0.2) is 5.17 Å². The number of hydrogen-bond acceptors (Lipinski definition) is 8. The van der Waals surface area contributed by atoms with Crippen molar-refractivity contribution in [1.82, 2.24) is 15.1 Å². The molecule has 3 rings (SSSR count). The number of benzene rings is 1. The number of aryl methyl sites for hydroxylation is 1. The molecule has 0 radical (unpaired) electrons. The zero-order valence-electron chi connectivity index (χ0n) is 13.7. The highest BCUT2D eigenvalue weighted by atomic mass is 32.2. The maximum atomic E-state index is 12.7. The van der Waals surface area contributed by atoms with Gasteiger partial charge in [0, 0.05) is 6.54 Å². The zero-order chi connectivity index (χ0) is 18.7. The fraction of sp³-hybridized carbons (Fsp3) is 0.118. The maximum absolute atomic E-state index is 12.7. The predicted molar refractivity (Wildman–Crippen MR) is 100.0 cm³/mol. The molecule has 1 saturated heterocycles. The summed E-state index contributed by atoms with van der Waals surface area (Å²) in [5.74, 6) is -1.44. The number of hydrogen-bond donors (Lipinski definition) is 0. The van der Waals surface area contributed by atoms with Crippen LogP contribution < -0.4 is 5.11 Å². The molecule has 2 aromatic rings. The lowest BCUT2D eigenvalue weighted by molar-refractivity contribution is -0.255. The van der Waals surface area contributed by atoms with E-state index in [0.717, 1.165) is 5.01 Å². The first-order valence-electron chi connectivity index (χ1n) is 7.50. The first-order valence-corrected chi connectivity index (χ1v) is 9.13. The summed E-state index contributed by atoms with van der Waals surface area (Å²) in [4.78, 5) is 29.9. The quantitative estimate of drug-likeness (QED) is 0.577. The van der Waals surface area contributed by atoms with Gasteiger partial charge in [-0.1, -0.05) is 41.7 Å². The van der Waals surface area contributed by atoms with E-state index in [2.05, 4.69) is 21.8 Å². The van der Waals surface area contributed by atoms with Crippen molar-refractivity contribution in [3.8, 4) is 0 Å². The average Bonchev–Trinajstić information content (AvgIpc) is 3.14. The molecule has 1 fully saturated rings. The number of rotatable bonds is 5. The number of amidine groups is 1. The van der Waals surface area contributed by atoms with Crippen molar-refractivity contribution in [2.24, 2.45) is 4.99 Å². The molecular formula is C17H13N4O3S2-. The van der Waals surface area contributed by atoms with Gasteiger partial charge in [-0.15, -0.1) is 16.8 Å². The van der Waals surface area contributed by atoms with Gasteiger partial charge in [0.1, 0.15) is 5.01 Å². The van der Waals surface area contributed by atoms with Crippen molar-refractivity contribution in [3.05, 3.63) is 58.0 Å². The number of thioether (sulfide) groups is 1. The van der Waals surface area contributed by atoms with Crippen LogP contribution >= 0.6 is 23.1 Å². The molecule has 0 N–H and O–H groups in total. The standard InChI is InChI=1S/C17H14N4O3S2/c1-3-8-21-14(22)13(9-11-4-6-12(7-5-11)15(23)24)26-17(21)18-16-20-19-10(2)25-16/h3-7,9H,1,8H2,2H3,(H,23,24)/p-1/b13-9+,18-17?. The lowest BCUT2D eigenvalue weighted by atomic mass is 10.1. The lowest BCUT2D eigenvalue weighted by Crippen LogP contribution is -2.29. The van der Waals surface area contributed by atoms with E-state index in [9.17, 15) is 14.7 Å². The number of carbonyl (C=O) groups is 2. The van der Waals surface area contributed by atoms with Crippen LogP contribution in [0.15, 0.2) is 46.8 Å². The highest BCUT2D eigenvalue weighted by Crippen LogP contribution is 2.34. The van der Waals surface area contributed by atoms with Crippen molar-refractivity contribution < 1.29 is 14.7 Å². The number of amides is 1. The number of aliphatic imine (C=N–C) groups is 1. The van der Waals surface area contributed by atoms with Crippen LogP contribution in [0.3, 0.4) is 0 Å². The Bertz CT molecular complexity index is 932. The minimum Gasteiger partial charge on any atom is -0.545 e. The second-order valence-electron chi connectivity index (χ2n) is 5.22. The smallest absolute Gasteiger partial charge is 0.267 e. The zero-order valence-corrected chi connectivity index (χ0v) is 15.3. The van der Waals surface area contributed by atoms with Gasteiger partial charge in [-0.3, -0.25) is 9.69 Å². The molecule has 1 aromatic heterocycles. The monoisotopic (exact) mass is 385 g/mol. The van der Waals surface area contributed by atoms with E-state index in [-0.39, 0.29) is 11.5 Å². The molecule has 1 aliphatic rings. The Hall–Kier alpha value is -2.78. The van der Waals surface area contributed by atoms with Gasteiger partial charge < -0.3 is 9.90 Å². The van der Waals surface area contributed by atoms with Crippen LogP contribution in [0.1, 0.15) is 20.9 Å². The molecule has 0 bridgehead atoms. The number of aromatic nitrogens is 2. The van der Waals surface area contributed by atoms with E-state index < -0.39 is 5.97 Å². The number of carboxylic acid groups (broad SMARTS) is 1. The number of carboxylic acids is 1. The lowest BCUT2D eigenvalue weighted by Gasteiger charge is -2.11. The van der Waals surface area contributed by atoms with Gasteiger partial charge in [0.2, 0.25) is 5.13 Å². The van der Waals surface area contributed by atoms with Gasteiger partial charge >= 0.3 is 0 Å². The van der Waals surface area contributed by atoms with Gasteiger partial charge in [-0.05, 0) is 35.9 Å². The summed E-state index contributed by atoms with van der Waals surface area (Å²) < 4.78 is 0. The third-order valence-electron chi connectivity index (χ3n) is 3.35. The fourth-order valence-electron chi connectivity index (χ4n) is 2.16. The van der Waals surface area contributed by atoms with E-state index in [1.165, 1.54) is 40.1 Å². The summed E-state index contributed by atoms with van der Waals surface area (Å²) in [6.45, 7) is 5.83. The summed E-state index contributed by atoms with van der Waals surface area (Å²) in [7, 11) is 0. The Morgan fingerprint density at radius 2 is 2.08 bits per heavy atom. The van der Waals surface area contributed by atoms with Crippen molar-refractivity contribution in [1.29, 1.82) is 0 Å². The van der Waals surface area contributed by atoms with Crippen LogP contribution in [-0.2, 0) is 4.79 Å². The van der Waals surface area contributed by atoms with Crippen molar-refractivity contribution in [2.75, 3.05) is 6.54 Å². The van der Waals surface area contributed by atoms with E-state index in [0.29, 0.717) is 27.3 Å². The molecule has 0 saturated carbocycles. The average molecular weight is 385 g/mol. The Balaban J connectivity index is 1.90. The van der Waals surface area contributed by atoms with Crippen LogP contribution in [0, 0.1) is 6.92 Å². The topological polar surface area (TPSA) is 98.6 Å². The molecule has 0 aliphatic carbocycles. The maximum Gasteiger partial charge on any atom is 0.267 e. The van der Waals surface area contributed by atoms with E-state index >= 15 is 0 Å². The van der Waals surface area contributed by atoms with Crippen molar-refractivity contribution in [2.45, 2.75) is 6.92 Å². The van der Waals surface area contributed by atoms with E-state index in [1.54, 1.807) is 24.3 Å². The van der Waals surface area contributed by atoms with Crippen LogP contribution in [0.5, 0.6) is 0 Å². The number of carbonyl (C=O) groups excluding carboxylic acids is 2. The number of aromatic carboxylic acids is 1. The molecule has 9 heteroatoms. The van der Waals surface area contributed by atoms with Gasteiger partial charge in [-0.2, -0.15) is 4.99 Å². The highest BCUT2D eigenvalue weighted by molar-refractivity contribution is 8.18. The van der Waals surface area contributed by atoms with Crippen LogP contribution in [0.2, 0.25) is 0 Å². The Morgan fingerprint density at radius 1 is 1.35 bits per heavy atom. The highest BCUT2D eigenvalue weighted by Gasteiger charge is 2.32. The fourth-order valence-corrected chi connectivity index (χ4v) is 3.77. The molecular weight excluding hydrogens is 372 g/mol. The van der Waals surface area contributed by atoms with E-state index in [4.69, 9.17) is 0 Å². The van der Waals surface area contributed by atoms with Crippen LogP contribution in [0.4, 0.5) is 5.13 Å². The summed E-state index contributed by atoms with van der Waals surface area (Å²) >= 11 is 2.56. The van der Waals surface area contributed by atoms with Gasteiger partial charge in [-0.25, -0.2) is 0 Å². The summed E-state index contributed by atoms with van der Waals surface area (Å²) in [6, 6.07) is 6.11. The largest absolute Gasteiger partial charge is 0.545 e. The van der Waals surface area contributed by atoms with Crippen molar-refractivity contribution in [3.63, 3.8) is 0 Å². The molecule has 1 aromatic carbocycles. The van der Waals surface area contributed by atoms with Gasteiger partial charge in [0.05, 0.1) is 10.9 Å². The molecule has 0 atom stereocenters. The first-order chi connectivity index (χ1) is 12.5. The molecule has 132 valence electrons. The predicted octanol–water partition coefficient (Wildman–Crippen LogP) is 2.00. The van der Waals surface area contributed by atoms with Gasteiger partial charge in [0.25, 0.3) is 5.91 Å². The Morgan fingerprint density at radius 3 is 2.65 bits per heavy atom. The molecule has 0 spiro atoms. The third-order valence-corrected chi connectivity index (χ3v) is 5.09. The second kappa shape index (κ2) is 7.63. The van der Waals surface area contributed by atoms with Crippen LogP contribution in [-0.4, -0.2) is 38.7 Å². The van der Waals surface area contributed by atoms with E-state index in [1.807, 2.05) is 6.92 Å². The molecule has 1 amide bonds. The summed E-state index contributed by atoms with van der Waals surface area (Å²) in [6.07, 6.45) is 3.31. The molecule has 0 unspecified atom stereocenters. The summed E-state index contributed by atoms with van der Waals surface area (Å²) in [5, 5.41) is 20.5. The Labute approximate surface area is 157 Å². The second-order valence-corrected chi connectivity index (χ2v) is 7.39. The van der Waals surface area contributed by atoms with Crippen molar-refractivity contribution >= 4 is 51.4 Å². The molecule has 1 aliphatic heterocycles. The minimum atomic E-state index is -1.24. The minimum absolute atomic E-state index is 0.0831. The van der Waals surface area contributed by atoms with Crippen LogP contribution in [0.25, 0.3) is 6.08 Å². The molecule has 26 heavy (non-hydrogen) atoms. The third kappa shape index (κ3) is 3.89. The first kappa shape index (κ1) is 18.0. The molecule has 2 heterocycles. The normalized spacial score (nSPS) is 17.3. The SMILES string of the molecule is C=CCN1C(=O)/C(=C\c2ccc(C(=O)[O-])cc2)SC1=Nc1nnc(C)s1.